The third-order valence-electron chi connectivity index (χ3n) is 3.59. The van der Waals surface area contributed by atoms with Crippen molar-refractivity contribution in [1.29, 1.82) is 0 Å². The summed E-state index contributed by atoms with van der Waals surface area (Å²) in [5.74, 6) is -0.277. The van der Waals surface area contributed by atoms with Crippen LogP contribution in [0.2, 0.25) is 0 Å². The first kappa shape index (κ1) is 15.0. The Balaban J connectivity index is 1.89. The maximum Gasteiger partial charge on any atom is 0.165 e. The minimum atomic E-state index is -0.277. The van der Waals surface area contributed by atoms with E-state index < -0.39 is 0 Å². The van der Waals surface area contributed by atoms with Crippen LogP contribution in [0.3, 0.4) is 0 Å². The molecule has 0 aromatic rings. The molecule has 0 radical (unpaired) electrons. The maximum atomic E-state index is 5.70. The smallest absolute Gasteiger partial charge is 0.165 e. The second-order valence-electron chi connectivity index (χ2n) is 5.41. The van der Waals surface area contributed by atoms with E-state index in [1.807, 2.05) is 0 Å². The van der Waals surface area contributed by atoms with Crippen molar-refractivity contribution in [3.63, 3.8) is 0 Å². The molecule has 0 saturated carbocycles. The van der Waals surface area contributed by atoms with E-state index in [1.165, 1.54) is 51.4 Å². The molecule has 0 amide bonds. The Labute approximate surface area is 107 Å². The van der Waals surface area contributed by atoms with Crippen molar-refractivity contribution in [3.05, 3.63) is 0 Å². The van der Waals surface area contributed by atoms with Gasteiger partial charge in [0.2, 0.25) is 0 Å². The summed E-state index contributed by atoms with van der Waals surface area (Å²) in [6, 6.07) is 0. The van der Waals surface area contributed by atoms with E-state index in [2.05, 4.69) is 13.8 Å². The predicted molar refractivity (Wildman–Crippen MR) is 72.2 cm³/mol. The molecule has 0 aromatic heterocycles. The zero-order valence-corrected chi connectivity index (χ0v) is 11.8. The first-order valence-electron chi connectivity index (χ1n) is 7.55. The molecule has 1 fully saturated rings. The van der Waals surface area contributed by atoms with Crippen LogP contribution in [-0.2, 0) is 9.47 Å². The Morgan fingerprint density at radius 1 is 0.824 bits per heavy atom. The van der Waals surface area contributed by atoms with Gasteiger partial charge in [0, 0.05) is 6.42 Å². The Morgan fingerprint density at radius 3 is 1.94 bits per heavy atom. The van der Waals surface area contributed by atoms with E-state index in [4.69, 9.17) is 9.47 Å². The molecule has 1 rings (SSSR count). The summed E-state index contributed by atoms with van der Waals surface area (Å²) in [6.07, 6.45) is 13.0. The average Bonchev–Trinajstić information content (AvgIpc) is 2.33. The number of hydrogen-bond donors (Lipinski definition) is 0. The number of rotatable bonds is 9. The van der Waals surface area contributed by atoms with Gasteiger partial charge in [0.1, 0.15) is 0 Å². The molecule has 1 heterocycles. The van der Waals surface area contributed by atoms with Gasteiger partial charge in [-0.2, -0.15) is 0 Å². The van der Waals surface area contributed by atoms with E-state index in [0.29, 0.717) is 0 Å². The summed E-state index contributed by atoms with van der Waals surface area (Å²) < 4.78 is 11.4. The number of unbranched alkanes of at least 4 members (excludes halogenated alkanes) is 7. The molecule has 0 bridgehead atoms. The molecule has 0 unspecified atom stereocenters. The first-order chi connectivity index (χ1) is 8.27. The van der Waals surface area contributed by atoms with E-state index >= 15 is 0 Å². The molecule has 0 N–H and O–H groups in total. The number of ether oxygens (including phenoxy) is 2. The van der Waals surface area contributed by atoms with Gasteiger partial charge < -0.3 is 9.47 Å². The molecular weight excluding hydrogens is 212 g/mol. The van der Waals surface area contributed by atoms with Gasteiger partial charge in [0.15, 0.2) is 5.79 Å². The second-order valence-corrected chi connectivity index (χ2v) is 5.41. The first-order valence-corrected chi connectivity index (χ1v) is 7.55. The molecule has 1 aliphatic heterocycles. The minimum absolute atomic E-state index is 0.277. The zero-order chi connectivity index (χ0) is 12.4. The van der Waals surface area contributed by atoms with Crippen LogP contribution in [0, 0.1) is 0 Å². The van der Waals surface area contributed by atoms with Crippen LogP contribution in [0.1, 0.15) is 78.1 Å². The molecule has 1 saturated heterocycles. The molecule has 102 valence electrons. The van der Waals surface area contributed by atoms with Gasteiger partial charge in [-0.15, -0.1) is 0 Å². The monoisotopic (exact) mass is 242 g/mol. The minimum Gasteiger partial charge on any atom is -0.350 e. The fourth-order valence-corrected chi connectivity index (χ4v) is 2.40. The van der Waals surface area contributed by atoms with Crippen LogP contribution in [0.25, 0.3) is 0 Å². The van der Waals surface area contributed by atoms with Gasteiger partial charge in [-0.05, 0) is 19.8 Å². The molecule has 2 nitrogen and oxygen atoms in total. The van der Waals surface area contributed by atoms with Crippen molar-refractivity contribution in [2.75, 3.05) is 13.2 Å². The summed E-state index contributed by atoms with van der Waals surface area (Å²) in [5.41, 5.74) is 0. The summed E-state index contributed by atoms with van der Waals surface area (Å²) >= 11 is 0. The van der Waals surface area contributed by atoms with Gasteiger partial charge >= 0.3 is 0 Å². The highest BCUT2D eigenvalue weighted by molar-refractivity contribution is 4.66. The molecule has 0 spiro atoms. The zero-order valence-electron chi connectivity index (χ0n) is 11.8. The van der Waals surface area contributed by atoms with Gasteiger partial charge in [-0.1, -0.05) is 51.9 Å². The largest absolute Gasteiger partial charge is 0.350 e. The molecule has 0 aromatic carbocycles. The maximum absolute atomic E-state index is 5.70. The van der Waals surface area contributed by atoms with Crippen molar-refractivity contribution >= 4 is 0 Å². The average molecular weight is 242 g/mol. The van der Waals surface area contributed by atoms with Crippen molar-refractivity contribution in [2.24, 2.45) is 0 Å². The lowest BCUT2D eigenvalue weighted by atomic mass is 10.0. The predicted octanol–water partition coefficient (Wildman–Crippen LogP) is 4.67. The third kappa shape index (κ3) is 7.05. The standard InChI is InChI=1S/C15H30O2/c1-3-4-5-6-7-8-9-10-12-15(2)16-13-11-14-17-15/h3-14H2,1-2H3. The summed E-state index contributed by atoms with van der Waals surface area (Å²) in [6.45, 7) is 6.10. The Morgan fingerprint density at radius 2 is 1.35 bits per heavy atom. The molecule has 0 atom stereocenters. The molecular formula is C15H30O2. The Hall–Kier alpha value is -0.0800. The van der Waals surface area contributed by atoms with E-state index in [0.717, 1.165) is 26.1 Å². The highest BCUT2D eigenvalue weighted by Crippen LogP contribution is 2.25. The van der Waals surface area contributed by atoms with Gasteiger partial charge in [0.05, 0.1) is 13.2 Å². The molecule has 1 aliphatic rings. The third-order valence-corrected chi connectivity index (χ3v) is 3.59. The molecule has 0 aliphatic carbocycles. The van der Waals surface area contributed by atoms with Gasteiger partial charge in [-0.25, -0.2) is 0 Å². The lowest BCUT2D eigenvalue weighted by Crippen LogP contribution is -2.37. The number of hydrogen-bond acceptors (Lipinski definition) is 2. The summed E-state index contributed by atoms with van der Waals surface area (Å²) in [7, 11) is 0. The Bertz CT molecular complexity index is 174. The van der Waals surface area contributed by atoms with Crippen LogP contribution in [0.4, 0.5) is 0 Å². The highest BCUT2D eigenvalue weighted by Gasteiger charge is 2.27. The normalized spacial score (nSPS) is 19.4. The molecule has 2 heteroatoms. The quantitative estimate of drug-likeness (QED) is 0.547. The van der Waals surface area contributed by atoms with Crippen LogP contribution in [0.15, 0.2) is 0 Å². The fraction of sp³-hybridized carbons (Fsp3) is 1.00. The SMILES string of the molecule is CCCCCCCCCCC1(C)OCCCO1. The van der Waals surface area contributed by atoms with Crippen molar-refractivity contribution in [1.82, 2.24) is 0 Å². The van der Waals surface area contributed by atoms with Gasteiger partial charge in [0.25, 0.3) is 0 Å². The topological polar surface area (TPSA) is 18.5 Å². The summed E-state index contributed by atoms with van der Waals surface area (Å²) in [5, 5.41) is 0. The summed E-state index contributed by atoms with van der Waals surface area (Å²) in [4.78, 5) is 0. The van der Waals surface area contributed by atoms with E-state index in [1.54, 1.807) is 0 Å². The van der Waals surface area contributed by atoms with Crippen molar-refractivity contribution < 1.29 is 9.47 Å². The van der Waals surface area contributed by atoms with Gasteiger partial charge in [-0.3, -0.25) is 0 Å². The second kappa shape index (κ2) is 8.93. The van der Waals surface area contributed by atoms with Crippen LogP contribution < -0.4 is 0 Å². The van der Waals surface area contributed by atoms with Crippen LogP contribution in [-0.4, -0.2) is 19.0 Å². The molecule has 17 heavy (non-hydrogen) atoms. The van der Waals surface area contributed by atoms with Crippen molar-refractivity contribution in [3.8, 4) is 0 Å². The van der Waals surface area contributed by atoms with E-state index in [-0.39, 0.29) is 5.79 Å². The van der Waals surface area contributed by atoms with Crippen LogP contribution in [0.5, 0.6) is 0 Å². The van der Waals surface area contributed by atoms with E-state index in [9.17, 15) is 0 Å². The van der Waals surface area contributed by atoms with Crippen LogP contribution >= 0.6 is 0 Å². The Kier molecular flexibility index (Phi) is 7.87. The highest BCUT2D eigenvalue weighted by atomic mass is 16.7. The van der Waals surface area contributed by atoms with Crippen molar-refractivity contribution in [2.45, 2.75) is 83.8 Å². The lowest BCUT2D eigenvalue weighted by molar-refractivity contribution is -0.259. The fourth-order valence-electron chi connectivity index (χ4n) is 2.40. The lowest BCUT2D eigenvalue weighted by Gasteiger charge is -2.34.